The van der Waals surface area contributed by atoms with Crippen LogP contribution >= 0.6 is 0 Å². The van der Waals surface area contributed by atoms with Gasteiger partial charge in [0.2, 0.25) is 0 Å². The summed E-state index contributed by atoms with van der Waals surface area (Å²) in [5.41, 5.74) is 9.83. The van der Waals surface area contributed by atoms with Crippen molar-refractivity contribution in [3.05, 3.63) is 173 Å². The molecule has 0 saturated heterocycles. The number of carboxylic acids is 1. The SMILES string of the molecule is CN1c2ccc(C(C)(C)C)[c-]c2[C@@](c2ccccn2)(c2cccc(-c3[c-]cccc3)n2)c2cc(C(C)(C)C)ccc21.O=C(O)c1ccccn1.[Ir]. The number of aromatic carboxylic acids is 1. The Morgan fingerprint density at radius 3 is 2.02 bits per heavy atom. The summed E-state index contributed by atoms with van der Waals surface area (Å²) in [7, 11) is 2.16. The number of fused-ring (bicyclic) bond motifs is 2. The van der Waals surface area contributed by atoms with Gasteiger partial charge in [0.25, 0.3) is 0 Å². The van der Waals surface area contributed by atoms with E-state index < -0.39 is 11.4 Å². The Morgan fingerprint density at radius 2 is 1.43 bits per heavy atom. The third-order valence-electron chi connectivity index (χ3n) is 9.15. The first kappa shape index (κ1) is 37.3. The van der Waals surface area contributed by atoms with E-state index in [4.69, 9.17) is 15.1 Å². The molecule has 1 atom stereocenters. The normalized spacial score (nSPS) is 15.0. The standard InChI is InChI=1S/C38H37N3.C6H5NO2.Ir/c1-36(2,3)27-19-21-32-29(24-27)38(34-17-11-12-23-39-34,30-25-28(37(4,5)6)20-22-33(30)41(32)7)35-18-13-16-31(40-35)26-14-9-8-10-15-26;8-6(9)5-3-1-2-4-7-5;/h8-14,16-24H,1-7H3;1-4H,(H,8,9);/q-2;;/t38-;;/m0../s1. The second-order valence-corrected chi connectivity index (χ2v) is 14.6. The Hall–Kier alpha value is -4.97. The van der Waals surface area contributed by atoms with E-state index in [9.17, 15) is 4.79 Å². The molecule has 0 saturated carbocycles. The Balaban J connectivity index is 0.000000441. The Morgan fingerprint density at radius 1 is 0.745 bits per heavy atom. The molecule has 1 aliphatic rings. The maximum atomic E-state index is 10.1. The molecule has 0 fully saturated rings. The van der Waals surface area contributed by atoms with E-state index in [1.54, 1.807) is 12.1 Å². The van der Waals surface area contributed by atoms with Crippen LogP contribution in [0.5, 0.6) is 0 Å². The van der Waals surface area contributed by atoms with Gasteiger partial charge >= 0.3 is 5.97 Å². The summed E-state index contributed by atoms with van der Waals surface area (Å²) in [6.45, 7) is 13.5. The number of benzene rings is 3. The Labute approximate surface area is 315 Å². The van der Waals surface area contributed by atoms with E-state index in [1.807, 2.05) is 30.5 Å². The molecule has 1 aliphatic heterocycles. The van der Waals surface area contributed by atoms with Gasteiger partial charge < -0.3 is 10.0 Å². The molecule has 0 bridgehead atoms. The summed E-state index contributed by atoms with van der Waals surface area (Å²) in [6.07, 6.45) is 3.34. The van der Waals surface area contributed by atoms with Crippen molar-refractivity contribution in [1.82, 2.24) is 15.0 Å². The second-order valence-electron chi connectivity index (χ2n) is 14.6. The summed E-state index contributed by atoms with van der Waals surface area (Å²) >= 11 is 0. The van der Waals surface area contributed by atoms with E-state index in [0.29, 0.717) is 0 Å². The first-order valence-electron chi connectivity index (χ1n) is 16.8. The molecule has 3 aromatic heterocycles. The summed E-state index contributed by atoms with van der Waals surface area (Å²) in [6, 6.07) is 44.0. The van der Waals surface area contributed by atoms with Crippen LogP contribution in [0.4, 0.5) is 11.4 Å². The monoisotopic (exact) mass is 851 g/mol. The summed E-state index contributed by atoms with van der Waals surface area (Å²) < 4.78 is 0. The average molecular weight is 851 g/mol. The number of anilines is 2. The molecular weight excluding hydrogens is 809 g/mol. The summed E-state index contributed by atoms with van der Waals surface area (Å²) in [4.78, 5) is 26.5. The number of nitrogens with zero attached hydrogens (tertiary/aromatic N) is 4. The molecule has 7 heteroatoms. The van der Waals surface area contributed by atoms with Crippen LogP contribution in [0.2, 0.25) is 0 Å². The van der Waals surface area contributed by atoms with E-state index in [1.165, 1.54) is 23.4 Å². The van der Waals surface area contributed by atoms with Gasteiger partial charge in [0.15, 0.2) is 0 Å². The number of carboxylic acid groups (broad SMARTS) is 1. The largest absolute Gasteiger partial charge is 0.477 e. The molecule has 51 heavy (non-hydrogen) atoms. The third kappa shape index (κ3) is 7.28. The molecule has 1 N–H and O–H groups in total. The van der Waals surface area contributed by atoms with Gasteiger partial charge in [-0.2, -0.15) is 17.7 Å². The van der Waals surface area contributed by atoms with Crippen molar-refractivity contribution >= 4 is 17.3 Å². The molecule has 6 nitrogen and oxygen atoms in total. The Bertz CT molecular complexity index is 2060. The second kappa shape index (κ2) is 14.7. The van der Waals surface area contributed by atoms with Crippen molar-refractivity contribution < 1.29 is 30.0 Å². The molecule has 0 amide bonds. The summed E-state index contributed by atoms with van der Waals surface area (Å²) in [5, 5.41) is 8.32. The van der Waals surface area contributed by atoms with Crippen molar-refractivity contribution in [2.75, 3.05) is 11.9 Å². The number of hydrogen-bond donors (Lipinski definition) is 1. The fourth-order valence-corrected chi connectivity index (χ4v) is 6.43. The topological polar surface area (TPSA) is 79.2 Å². The van der Waals surface area contributed by atoms with Crippen molar-refractivity contribution in [3.8, 4) is 11.3 Å². The van der Waals surface area contributed by atoms with Crippen molar-refractivity contribution in [1.29, 1.82) is 0 Å². The minimum atomic E-state index is -0.990. The van der Waals surface area contributed by atoms with Crippen molar-refractivity contribution in [2.45, 2.75) is 57.8 Å². The van der Waals surface area contributed by atoms with E-state index >= 15 is 0 Å². The van der Waals surface area contributed by atoms with E-state index in [0.717, 1.165) is 45.1 Å². The molecule has 0 unspecified atom stereocenters. The van der Waals surface area contributed by atoms with Crippen LogP contribution in [0.3, 0.4) is 0 Å². The van der Waals surface area contributed by atoms with Crippen molar-refractivity contribution in [3.63, 3.8) is 0 Å². The van der Waals surface area contributed by atoms with Gasteiger partial charge in [0, 0.05) is 43.9 Å². The molecule has 1 radical (unpaired) electrons. The van der Waals surface area contributed by atoms with Crippen LogP contribution < -0.4 is 4.90 Å². The van der Waals surface area contributed by atoms with Gasteiger partial charge in [-0.15, -0.1) is 47.5 Å². The van der Waals surface area contributed by atoms with Crippen LogP contribution in [-0.2, 0) is 36.4 Å². The van der Waals surface area contributed by atoms with Crippen LogP contribution in [-0.4, -0.2) is 33.1 Å². The first-order valence-corrected chi connectivity index (χ1v) is 16.8. The molecule has 0 aliphatic carbocycles. The molecular formula is C44H42IrN4O2-2. The van der Waals surface area contributed by atoms with E-state index in [2.05, 4.69) is 137 Å². The Kier molecular flexibility index (Phi) is 10.8. The zero-order valence-corrected chi connectivity index (χ0v) is 32.4. The molecule has 3 aromatic carbocycles. The van der Waals surface area contributed by atoms with E-state index in [-0.39, 0.29) is 36.6 Å². The van der Waals surface area contributed by atoms with Crippen LogP contribution in [0.1, 0.15) is 85.7 Å². The fraction of sp³-hybridized carbons (Fsp3) is 0.227. The zero-order valence-electron chi connectivity index (χ0n) is 30.0. The quantitative estimate of drug-likeness (QED) is 0.178. The number of rotatable bonds is 4. The molecule has 261 valence electrons. The smallest absolute Gasteiger partial charge is 0.354 e. The number of aromatic nitrogens is 3. The van der Waals surface area contributed by atoms with Crippen molar-refractivity contribution in [2.24, 2.45) is 0 Å². The number of carbonyl (C=O) groups is 1. The van der Waals surface area contributed by atoms with Crippen LogP contribution in [0.25, 0.3) is 11.3 Å². The zero-order chi connectivity index (χ0) is 35.7. The summed E-state index contributed by atoms with van der Waals surface area (Å²) in [5.74, 6) is -0.990. The van der Waals surface area contributed by atoms with Gasteiger partial charge in [-0.1, -0.05) is 83.6 Å². The molecule has 7 rings (SSSR count). The van der Waals surface area contributed by atoms with Crippen LogP contribution in [0, 0.1) is 12.1 Å². The maximum absolute atomic E-state index is 10.1. The average Bonchev–Trinajstić information content (AvgIpc) is 3.12. The third-order valence-corrected chi connectivity index (χ3v) is 9.15. The number of hydrogen-bond acceptors (Lipinski definition) is 5. The van der Waals surface area contributed by atoms with Gasteiger partial charge in [-0.3, -0.25) is 9.97 Å². The van der Waals surface area contributed by atoms with Gasteiger partial charge in [0.1, 0.15) is 5.69 Å². The van der Waals surface area contributed by atoms with Crippen LogP contribution in [0.15, 0.2) is 122 Å². The molecule has 4 heterocycles. The molecule has 6 aromatic rings. The van der Waals surface area contributed by atoms with Gasteiger partial charge in [-0.25, -0.2) is 9.78 Å². The maximum Gasteiger partial charge on any atom is 0.354 e. The minimum Gasteiger partial charge on any atom is -0.477 e. The van der Waals surface area contributed by atoms with Gasteiger partial charge in [-0.05, 0) is 71.1 Å². The minimum absolute atomic E-state index is 0. The first-order chi connectivity index (χ1) is 23.8. The van der Waals surface area contributed by atoms with Gasteiger partial charge in [0.05, 0.1) is 11.1 Å². The predicted molar refractivity (Wildman–Crippen MR) is 200 cm³/mol. The number of pyridine rings is 3. The predicted octanol–water partition coefficient (Wildman–Crippen LogP) is 9.58. The fourth-order valence-electron chi connectivity index (χ4n) is 6.43. The molecule has 0 spiro atoms.